The van der Waals surface area contributed by atoms with E-state index in [0.717, 1.165) is 32.8 Å². The molecule has 4 unspecified atom stereocenters. The molecule has 0 amide bonds. The Labute approximate surface area is 137 Å². The van der Waals surface area contributed by atoms with Crippen molar-refractivity contribution in [1.29, 1.82) is 0 Å². The summed E-state index contributed by atoms with van der Waals surface area (Å²) in [6.45, 7) is 8.11. The molecule has 6 heteroatoms. The summed E-state index contributed by atoms with van der Waals surface area (Å²) in [4.78, 5) is 2.12. The van der Waals surface area contributed by atoms with Gasteiger partial charge in [0.25, 0.3) is 0 Å². The Morgan fingerprint density at radius 3 is 1.41 bits per heavy atom. The molecule has 0 saturated carbocycles. The van der Waals surface area contributed by atoms with Gasteiger partial charge in [-0.1, -0.05) is 0 Å². The van der Waals surface area contributed by atoms with Crippen LogP contribution in [0.15, 0.2) is 10.8 Å². The van der Waals surface area contributed by atoms with Crippen molar-refractivity contribution in [1.82, 2.24) is 0 Å². The number of ether oxygens (including phenoxy) is 4. The molecular weight excluding hydrogens is 320 g/mol. The highest BCUT2D eigenvalue weighted by Crippen LogP contribution is 2.55. The molecule has 22 heavy (non-hydrogen) atoms. The number of thiophene rings is 2. The largest absolute Gasteiger partial charge is 0.482 e. The minimum atomic E-state index is 0.0350. The van der Waals surface area contributed by atoms with Crippen LogP contribution in [-0.4, -0.2) is 24.4 Å². The highest BCUT2D eigenvalue weighted by molar-refractivity contribution is 7.21. The fourth-order valence-electron chi connectivity index (χ4n) is 2.52. The van der Waals surface area contributed by atoms with Crippen LogP contribution in [0, 0.1) is 0 Å². The molecule has 4 atom stereocenters. The summed E-state index contributed by atoms with van der Waals surface area (Å²) in [5.41, 5.74) is 0. The average Bonchev–Trinajstić information content (AvgIpc) is 3.04. The molecule has 0 aromatic carbocycles. The Morgan fingerprint density at radius 2 is 1.00 bits per heavy atom. The molecule has 0 saturated heterocycles. The molecular formula is C16H18O4S2. The van der Waals surface area contributed by atoms with Crippen LogP contribution in [0.4, 0.5) is 0 Å². The molecule has 4 rings (SSSR count). The van der Waals surface area contributed by atoms with Crippen LogP contribution in [0.25, 0.3) is 9.75 Å². The minimum Gasteiger partial charge on any atom is -0.482 e. The Balaban J connectivity index is 1.76. The zero-order valence-electron chi connectivity index (χ0n) is 12.9. The third kappa shape index (κ3) is 2.08. The lowest BCUT2D eigenvalue weighted by molar-refractivity contribution is 0.0431. The third-order valence-corrected chi connectivity index (χ3v) is 6.23. The van der Waals surface area contributed by atoms with Gasteiger partial charge in [0.1, 0.15) is 24.4 Å². The summed E-state index contributed by atoms with van der Waals surface area (Å²) in [5, 5.41) is 4.02. The van der Waals surface area contributed by atoms with E-state index in [1.165, 1.54) is 0 Å². The van der Waals surface area contributed by atoms with Crippen LogP contribution < -0.4 is 18.9 Å². The van der Waals surface area contributed by atoms with Crippen LogP contribution in [0.1, 0.15) is 27.7 Å². The van der Waals surface area contributed by atoms with Crippen molar-refractivity contribution < 1.29 is 18.9 Å². The van der Waals surface area contributed by atoms with Gasteiger partial charge in [0.05, 0.1) is 9.75 Å². The van der Waals surface area contributed by atoms with Crippen molar-refractivity contribution in [3.05, 3.63) is 10.8 Å². The molecule has 118 valence electrons. The molecule has 0 aliphatic carbocycles. The van der Waals surface area contributed by atoms with Gasteiger partial charge in [-0.2, -0.15) is 0 Å². The van der Waals surface area contributed by atoms with Crippen LogP contribution in [-0.2, 0) is 0 Å². The summed E-state index contributed by atoms with van der Waals surface area (Å²) >= 11 is 3.25. The van der Waals surface area contributed by atoms with Gasteiger partial charge in [0.15, 0.2) is 23.0 Å². The highest BCUT2D eigenvalue weighted by Gasteiger charge is 2.34. The summed E-state index contributed by atoms with van der Waals surface area (Å²) in [6.07, 6.45) is 0.195. The maximum absolute atomic E-state index is 6.07. The monoisotopic (exact) mass is 338 g/mol. The first-order valence-corrected chi connectivity index (χ1v) is 9.20. The Morgan fingerprint density at radius 1 is 0.636 bits per heavy atom. The van der Waals surface area contributed by atoms with E-state index in [1.54, 1.807) is 22.7 Å². The summed E-state index contributed by atoms with van der Waals surface area (Å²) in [7, 11) is 0. The summed E-state index contributed by atoms with van der Waals surface area (Å²) in [6, 6.07) is 0. The van der Waals surface area contributed by atoms with Crippen LogP contribution in [0.3, 0.4) is 0 Å². The van der Waals surface area contributed by atoms with Gasteiger partial charge in [-0.05, 0) is 27.7 Å². The van der Waals surface area contributed by atoms with E-state index in [1.807, 2.05) is 38.5 Å². The van der Waals surface area contributed by atoms with E-state index in [2.05, 4.69) is 0 Å². The second kappa shape index (κ2) is 5.06. The maximum atomic E-state index is 6.07. The molecule has 0 radical (unpaired) electrons. The SMILES string of the molecule is CC1Oc2csc(-c3scc4c3OC(C)C(C)O4)c2OC1C. The lowest BCUT2D eigenvalue weighted by Crippen LogP contribution is -2.35. The normalized spacial score (nSPS) is 29.5. The van der Waals surface area contributed by atoms with Gasteiger partial charge in [-0.25, -0.2) is 0 Å². The molecule has 4 heterocycles. The Kier molecular flexibility index (Phi) is 3.27. The average molecular weight is 338 g/mol. The summed E-state index contributed by atoms with van der Waals surface area (Å²) in [5.74, 6) is 3.31. The molecule has 2 aromatic rings. The van der Waals surface area contributed by atoms with E-state index in [9.17, 15) is 0 Å². The second-order valence-electron chi connectivity index (χ2n) is 5.81. The van der Waals surface area contributed by atoms with E-state index in [4.69, 9.17) is 18.9 Å². The Bertz CT molecular complexity index is 645. The fourth-order valence-corrected chi connectivity index (χ4v) is 4.49. The zero-order valence-corrected chi connectivity index (χ0v) is 14.5. The molecule has 2 aliphatic rings. The number of fused-ring (bicyclic) bond motifs is 2. The van der Waals surface area contributed by atoms with Gasteiger partial charge < -0.3 is 18.9 Å². The Hall–Kier alpha value is -1.40. The molecule has 2 aliphatic heterocycles. The van der Waals surface area contributed by atoms with Gasteiger partial charge in [-0.3, -0.25) is 0 Å². The standard InChI is InChI=1S/C16H18O4S2/c1-7-9(3)19-13-11(17-7)5-21-15(13)16-14-12(6-22-16)18-8(2)10(4)20-14/h5-10H,1-4H3. The quantitative estimate of drug-likeness (QED) is 0.763. The van der Waals surface area contributed by atoms with Crippen molar-refractivity contribution >= 4 is 22.7 Å². The number of hydrogen-bond acceptors (Lipinski definition) is 6. The fraction of sp³-hybridized carbons (Fsp3) is 0.500. The predicted octanol–water partition coefficient (Wildman–Crippen LogP) is 4.57. The van der Waals surface area contributed by atoms with Crippen molar-refractivity contribution in [3.8, 4) is 32.8 Å². The van der Waals surface area contributed by atoms with Crippen LogP contribution >= 0.6 is 22.7 Å². The first-order valence-electron chi connectivity index (χ1n) is 7.44. The lowest BCUT2D eigenvalue weighted by Gasteiger charge is -2.29. The molecule has 4 nitrogen and oxygen atoms in total. The topological polar surface area (TPSA) is 36.9 Å². The highest BCUT2D eigenvalue weighted by atomic mass is 32.1. The predicted molar refractivity (Wildman–Crippen MR) is 88.0 cm³/mol. The first kappa shape index (κ1) is 14.2. The van der Waals surface area contributed by atoms with E-state index in [-0.39, 0.29) is 24.4 Å². The van der Waals surface area contributed by atoms with Crippen LogP contribution in [0.2, 0.25) is 0 Å². The number of rotatable bonds is 1. The van der Waals surface area contributed by atoms with Crippen molar-refractivity contribution in [2.45, 2.75) is 52.1 Å². The molecule has 0 spiro atoms. The molecule has 0 fully saturated rings. The van der Waals surface area contributed by atoms with E-state index in [0.29, 0.717) is 0 Å². The van der Waals surface area contributed by atoms with E-state index < -0.39 is 0 Å². The molecule has 0 N–H and O–H groups in total. The zero-order chi connectivity index (χ0) is 15.4. The van der Waals surface area contributed by atoms with Crippen molar-refractivity contribution in [3.63, 3.8) is 0 Å². The van der Waals surface area contributed by atoms with Gasteiger partial charge in [0.2, 0.25) is 0 Å². The van der Waals surface area contributed by atoms with Crippen molar-refractivity contribution in [2.24, 2.45) is 0 Å². The molecule has 2 aromatic heterocycles. The van der Waals surface area contributed by atoms with Gasteiger partial charge >= 0.3 is 0 Å². The smallest absolute Gasteiger partial charge is 0.181 e. The molecule has 0 bridgehead atoms. The minimum absolute atomic E-state index is 0.0350. The first-order chi connectivity index (χ1) is 10.5. The van der Waals surface area contributed by atoms with Gasteiger partial charge in [-0.15, -0.1) is 22.7 Å². The van der Waals surface area contributed by atoms with Crippen molar-refractivity contribution in [2.75, 3.05) is 0 Å². The van der Waals surface area contributed by atoms with Crippen LogP contribution in [0.5, 0.6) is 23.0 Å². The maximum Gasteiger partial charge on any atom is 0.181 e. The summed E-state index contributed by atoms with van der Waals surface area (Å²) < 4.78 is 24.0. The third-order valence-electron chi connectivity index (χ3n) is 4.19. The lowest BCUT2D eigenvalue weighted by atomic mass is 10.2. The van der Waals surface area contributed by atoms with Gasteiger partial charge in [0, 0.05) is 10.8 Å². The number of hydrogen-bond donors (Lipinski definition) is 0. The second-order valence-corrected chi connectivity index (χ2v) is 7.57. The van der Waals surface area contributed by atoms with E-state index >= 15 is 0 Å².